The molecule has 9 heteroatoms. The van der Waals surface area contributed by atoms with Gasteiger partial charge in [-0.2, -0.15) is 0 Å². The van der Waals surface area contributed by atoms with Crippen molar-refractivity contribution < 1.29 is 38.6 Å². The van der Waals surface area contributed by atoms with Gasteiger partial charge in [0, 0.05) is 0 Å². The summed E-state index contributed by atoms with van der Waals surface area (Å²) in [5, 5.41) is 22.4. The summed E-state index contributed by atoms with van der Waals surface area (Å²) in [7, 11) is 0. The van der Waals surface area contributed by atoms with Crippen LogP contribution in [0.25, 0.3) is 0 Å². The first-order valence-electron chi connectivity index (χ1n) is 8.73. The Hall–Kier alpha value is -0.360. The van der Waals surface area contributed by atoms with Crippen LogP contribution >= 0.6 is 0 Å². The molecule has 3 N–H and O–H groups in total. The van der Waals surface area contributed by atoms with E-state index in [4.69, 9.17) is 28.4 Å². The Kier molecular flexibility index (Phi) is 4.38. The number of rotatable bonds is 4. The lowest BCUT2D eigenvalue weighted by atomic mass is 10.1. The van der Waals surface area contributed by atoms with E-state index in [1.54, 1.807) is 0 Å². The highest BCUT2D eigenvalue weighted by molar-refractivity contribution is 5.01. The molecule has 4 heterocycles. The summed E-state index contributed by atoms with van der Waals surface area (Å²) in [5.74, 6) is -1.48. The molecule has 9 nitrogen and oxygen atoms in total. The maximum Gasteiger partial charge on any atom is 0.164 e. The van der Waals surface area contributed by atoms with Gasteiger partial charge in [0.15, 0.2) is 11.6 Å². The van der Waals surface area contributed by atoms with Crippen LogP contribution in [0.3, 0.4) is 0 Å². The molecule has 0 aromatic rings. The summed E-state index contributed by atoms with van der Waals surface area (Å²) in [4.78, 5) is 0. The van der Waals surface area contributed by atoms with Gasteiger partial charge in [-0.3, -0.25) is 5.32 Å². The van der Waals surface area contributed by atoms with Gasteiger partial charge >= 0.3 is 0 Å². The van der Waals surface area contributed by atoms with Gasteiger partial charge in [-0.1, -0.05) is 0 Å². The molecule has 4 fully saturated rings. The van der Waals surface area contributed by atoms with Crippen LogP contribution < -0.4 is 5.32 Å². The molecule has 0 saturated carbocycles. The maximum atomic E-state index is 9.56. The largest absolute Gasteiger partial charge is 0.394 e. The van der Waals surface area contributed by atoms with Crippen LogP contribution in [0.2, 0.25) is 0 Å². The number of aliphatic hydroxyl groups excluding tert-OH is 2. The van der Waals surface area contributed by atoms with Crippen LogP contribution in [0, 0.1) is 0 Å². The predicted octanol–water partition coefficient (Wildman–Crippen LogP) is -0.949. The van der Waals surface area contributed by atoms with E-state index >= 15 is 0 Å². The van der Waals surface area contributed by atoms with Crippen LogP contribution in [0.4, 0.5) is 0 Å². The molecule has 4 aliphatic rings. The number of hydrogen-bond acceptors (Lipinski definition) is 9. The highest BCUT2D eigenvalue weighted by Gasteiger charge is 2.59. The summed E-state index contributed by atoms with van der Waals surface area (Å²) >= 11 is 0. The zero-order valence-corrected chi connectivity index (χ0v) is 14.9. The molecule has 0 aromatic heterocycles. The number of aliphatic hydroxyl groups is 2. The molecule has 0 spiro atoms. The second kappa shape index (κ2) is 6.08. The molecular formula is C16H27NO8. The highest BCUT2D eigenvalue weighted by Crippen LogP contribution is 2.41. The average molecular weight is 361 g/mol. The molecule has 0 radical (unpaired) electrons. The lowest BCUT2D eigenvalue weighted by Crippen LogP contribution is -2.50. The van der Waals surface area contributed by atoms with Crippen molar-refractivity contribution in [2.45, 2.75) is 88.3 Å². The maximum absolute atomic E-state index is 9.56. The number of fused-ring (bicyclic) bond motifs is 2. The van der Waals surface area contributed by atoms with Crippen LogP contribution in [0.15, 0.2) is 0 Å². The topological polar surface area (TPSA) is 108 Å². The molecule has 4 rings (SSSR count). The number of ether oxygens (including phenoxy) is 6. The van der Waals surface area contributed by atoms with Crippen LogP contribution in [0.1, 0.15) is 27.7 Å². The molecule has 0 amide bonds. The van der Waals surface area contributed by atoms with Crippen molar-refractivity contribution in [1.82, 2.24) is 5.32 Å². The van der Waals surface area contributed by atoms with Crippen LogP contribution in [-0.4, -0.2) is 84.1 Å². The molecule has 0 unspecified atom stereocenters. The van der Waals surface area contributed by atoms with Crippen molar-refractivity contribution in [2.75, 3.05) is 13.2 Å². The third-order valence-electron chi connectivity index (χ3n) is 4.99. The first kappa shape index (κ1) is 18.0. The quantitative estimate of drug-likeness (QED) is 0.584. The lowest BCUT2D eigenvalue weighted by Gasteiger charge is -2.28. The Labute approximate surface area is 146 Å². The number of hydrogen-bond donors (Lipinski definition) is 3. The summed E-state index contributed by atoms with van der Waals surface area (Å²) in [6, 6.07) is 0. The molecule has 0 bridgehead atoms. The molecule has 4 saturated heterocycles. The summed E-state index contributed by atoms with van der Waals surface area (Å²) < 4.78 is 35.3. The van der Waals surface area contributed by atoms with Crippen LogP contribution in [0.5, 0.6) is 0 Å². The second-order valence-corrected chi connectivity index (χ2v) is 7.85. The molecule has 25 heavy (non-hydrogen) atoms. The van der Waals surface area contributed by atoms with Gasteiger partial charge in [0.25, 0.3) is 0 Å². The third-order valence-corrected chi connectivity index (χ3v) is 4.99. The van der Waals surface area contributed by atoms with Crippen molar-refractivity contribution in [2.24, 2.45) is 0 Å². The minimum absolute atomic E-state index is 0.164. The Bertz CT molecular complexity index is 470. The fourth-order valence-electron chi connectivity index (χ4n) is 4.09. The summed E-state index contributed by atoms with van der Waals surface area (Å²) in [6.07, 6.45) is -3.49. The van der Waals surface area contributed by atoms with Crippen molar-refractivity contribution in [3.05, 3.63) is 0 Å². The molecule has 8 atom stereocenters. The first-order valence-corrected chi connectivity index (χ1v) is 8.73. The fraction of sp³-hybridized carbons (Fsp3) is 1.00. The van der Waals surface area contributed by atoms with Gasteiger partial charge in [-0.15, -0.1) is 0 Å². The van der Waals surface area contributed by atoms with Crippen molar-refractivity contribution >= 4 is 0 Å². The van der Waals surface area contributed by atoms with Gasteiger partial charge in [0.05, 0.1) is 13.2 Å². The highest BCUT2D eigenvalue weighted by atomic mass is 16.8. The summed E-state index contributed by atoms with van der Waals surface area (Å²) in [6.45, 7) is 6.99. The number of nitrogens with one attached hydrogen (secondary N) is 1. The predicted molar refractivity (Wildman–Crippen MR) is 82.3 cm³/mol. The van der Waals surface area contributed by atoms with Crippen molar-refractivity contribution in [3.8, 4) is 0 Å². The zero-order chi connectivity index (χ0) is 18.0. The zero-order valence-electron chi connectivity index (χ0n) is 14.9. The van der Waals surface area contributed by atoms with Gasteiger partial charge in [0.1, 0.15) is 49.1 Å². The van der Waals surface area contributed by atoms with Gasteiger partial charge in [-0.05, 0) is 27.7 Å². The lowest BCUT2D eigenvalue weighted by molar-refractivity contribution is -0.212. The molecule has 0 aromatic carbocycles. The van der Waals surface area contributed by atoms with Gasteiger partial charge < -0.3 is 38.6 Å². The third kappa shape index (κ3) is 3.11. The van der Waals surface area contributed by atoms with Crippen molar-refractivity contribution in [3.63, 3.8) is 0 Å². The SMILES string of the molecule is CC1(C)O[C@@H]2[C@H](O1)[C@@H](N[C@H]1O[C@H](CO)[C@@H]3OC(C)(C)O[C@@H]31)O[C@H]2CO. The Morgan fingerprint density at radius 2 is 1.04 bits per heavy atom. The van der Waals surface area contributed by atoms with E-state index < -0.39 is 36.2 Å². The molecule has 144 valence electrons. The normalized spacial score (nSPS) is 50.2. The van der Waals surface area contributed by atoms with E-state index in [2.05, 4.69) is 5.32 Å². The van der Waals surface area contributed by atoms with E-state index in [9.17, 15) is 10.2 Å². The smallest absolute Gasteiger partial charge is 0.164 e. The minimum Gasteiger partial charge on any atom is -0.394 e. The average Bonchev–Trinajstić information content (AvgIpc) is 3.18. The van der Waals surface area contributed by atoms with E-state index in [1.807, 2.05) is 27.7 Å². The van der Waals surface area contributed by atoms with Crippen molar-refractivity contribution in [1.29, 1.82) is 0 Å². The van der Waals surface area contributed by atoms with Gasteiger partial charge in [-0.25, -0.2) is 0 Å². The first-order chi connectivity index (χ1) is 11.7. The van der Waals surface area contributed by atoms with E-state index in [-0.39, 0.29) is 37.6 Å². The molecular weight excluding hydrogens is 334 g/mol. The van der Waals surface area contributed by atoms with Crippen LogP contribution in [-0.2, 0) is 28.4 Å². The van der Waals surface area contributed by atoms with E-state index in [1.165, 1.54) is 0 Å². The van der Waals surface area contributed by atoms with Gasteiger partial charge in [0.2, 0.25) is 0 Å². The van der Waals surface area contributed by atoms with E-state index in [0.717, 1.165) is 0 Å². The standard InChI is InChI=1S/C16H27NO8/c1-15(2)22-9-7(5-18)20-13(11(9)24-15)17-14-12-10(8(6-19)21-14)23-16(3,4)25-12/h7-14,17-19H,5-6H2,1-4H3/t7-,8+,9-,10-,11-,12-,13-,14-/m0/s1. The Morgan fingerprint density at radius 1 is 0.680 bits per heavy atom. The molecule has 0 aliphatic carbocycles. The monoisotopic (exact) mass is 361 g/mol. The van der Waals surface area contributed by atoms with E-state index in [0.29, 0.717) is 0 Å². The minimum atomic E-state index is -0.742. The molecule has 4 aliphatic heterocycles. The Balaban J connectivity index is 1.48. The Morgan fingerprint density at radius 3 is 1.40 bits per heavy atom. The fourth-order valence-corrected chi connectivity index (χ4v) is 4.09. The summed E-state index contributed by atoms with van der Waals surface area (Å²) in [5.41, 5.74) is 0. The second-order valence-electron chi connectivity index (χ2n) is 7.85.